The van der Waals surface area contributed by atoms with E-state index < -0.39 is 0 Å². The number of carbonyl (C=O) groups excluding carboxylic acids is 3. The Morgan fingerprint density at radius 3 is 1.47 bits per heavy atom. The molecule has 0 radical (unpaired) electrons. The van der Waals surface area contributed by atoms with Crippen LogP contribution in [0.4, 0.5) is 0 Å². The van der Waals surface area contributed by atoms with Crippen molar-refractivity contribution in [3.8, 4) is 0 Å². The smallest absolute Gasteiger partial charge is 0.355 e. The van der Waals surface area contributed by atoms with Gasteiger partial charge in [-0.1, -0.05) is 48.5 Å². The molecule has 0 amide bonds. The lowest BCUT2D eigenvalue weighted by Crippen LogP contribution is -2.04. The fourth-order valence-electron chi connectivity index (χ4n) is 2.90. The van der Waals surface area contributed by atoms with E-state index in [2.05, 4.69) is 9.97 Å². The van der Waals surface area contributed by atoms with Gasteiger partial charge in [0.05, 0.1) is 13.2 Å². The van der Waals surface area contributed by atoms with Crippen LogP contribution in [0.3, 0.4) is 0 Å². The summed E-state index contributed by atoms with van der Waals surface area (Å²) in [6.45, 7) is 6.38. The van der Waals surface area contributed by atoms with Gasteiger partial charge in [0.2, 0.25) is 0 Å². The molecule has 2 N–H and O–H groups in total. The number of benzene rings is 2. The highest BCUT2D eigenvalue weighted by molar-refractivity contribution is 6.04. The topological polar surface area (TPSA) is 101 Å². The molecule has 0 aliphatic heterocycles. The molecule has 7 nitrogen and oxygen atoms in total. The van der Waals surface area contributed by atoms with Gasteiger partial charge in [0, 0.05) is 33.9 Å². The van der Waals surface area contributed by atoms with Crippen LogP contribution in [0.2, 0.25) is 0 Å². The van der Waals surface area contributed by atoms with E-state index in [0.717, 1.165) is 21.5 Å². The summed E-state index contributed by atoms with van der Waals surface area (Å²) in [5.74, 6) is -0.595. The molecule has 0 saturated heterocycles. The number of aromatic nitrogens is 2. The van der Waals surface area contributed by atoms with E-state index in [0.29, 0.717) is 24.6 Å². The molecule has 2 heterocycles. The second-order valence-corrected chi connectivity index (χ2v) is 5.94. The number of hydrogen-bond acceptors (Lipinski definition) is 5. The van der Waals surface area contributed by atoms with Gasteiger partial charge < -0.3 is 24.2 Å². The van der Waals surface area contributed by atoms with Gasteiger partial charge in [-0.25, -0.2) is 9.59 Å². The Labute approximate surface area is 174 Å². The first-order chi connectivity index (χ1) is 14.7. The average molecular weight is 408 g/mol. The first-order valence-corrected chi connectivity index (χ1v) is 9.41. The number of carbonyl (C=O) groups is 3. The normalized spacial score (nSPS) is 9.80. The molecule has 30 heavy (non-hydrogen) atoms. The van der Waals surface area contributed by atoms with Crippen LogP contribution >= 0.6 is 0 Å². The Morgan fingerprint density at radius 1 is 0.733 bits per heavy atom. The van der Waals surface area contributed by atoms with Crippen LogP contribution in [0.25, 0.3) is 21.5 Å². The zero-order chi connectivity index (χ0) is 21.9. The van der Waals surface area contributed by atoms with Crippen molar-refractivity contribution in [1.82, 2.24) is 9.97 Å². The molecule has 0 fully saturated rings. The molecule has 0 unspecified atom stereocenters. The summed E-state index contributed by atoms with van der Waals surface area (Å²) in [7, 11) is 0. The highest BCUT2D eigenvalue weighted by Gasteiger charge is 2.12. The standard InChI is InChI=1S/2C11H11NO2.CH2O/c2*1-2-14-11(13)10-9-6-4-3-5-8(9)7-12-10;1-2/h2*3-7,12H,2H2,1H3;1H2. The molecule has 156 valence electrons. The predicted octanol–water partition coefficient (Wildman–Crippen LogP) is 4.50. The molecule has 7 heteroatoms. The zero-order valence-corrected chi connectivity index (χ0v) is 16.9. The monoisotopic (exact) mass is 408 g/mol. The largest absolute Gasteiger partial charge is 0.461 e. The molecule has 4 rings (SSSR count). The van der Waals surface area contributed by atoms with Crippen LogP contribution in [0.5, 0.6) is 0 Å². The molecule has 2 aromatic carbocycles. The van der Waals surface area contributed by atoms with Gasteiger partial charge in [0.25, 0.3) is 0 Å². The van der Waals surface area contributed by atoms with E-state index in [9.17, 15) is 9.59 Å². The molecule has 0 saturated carbocycles. The summed E-state index contributed by atoms with van der Waals surface area (Å²) in [5.41, 5.74) is 1.06. The molecule has 4 aromatic rings. The van der Waals surface area contributed by atoms with Gasteiger partial charge in [-0.15, -0.1) is 0 Å². The van der Waals surface area contributed by atoms with E-state index in [4.69, 9.17) is 14.3 Å². The summed E-state index contributed by atoms with van der Waals surface area (Å²) < 4.78 is 9.85. The van der Waals surface area contributed by atoms with E-state index in [1.807, 2.05) is 67.7 Å². The van der Waals surface area contributed by atoms with Crippen molar-refractivity contribution in [3.05, 3.63) is 72.3 Å². The SMILES string of the molecule is C=O.CCOC(=O)c1[nH]cc2ccccc12.CCOC(=O)c1[nH]cc2ccccc12. The van der Waals surface area contributed by atoms with Crippen LogP contribution in [-0.2, 0) is 14.3 Å². The number of ether oxygens (including phenoxy) is 2. The average Bonchev–Trinajstić information content (AvgIpc) is 3.40. The molecule has 0 spiro atoms. The fourth-order valence-corrected chi connectivity index (χ4v) is 2.90. The third-order valence-electron chi connectivity index (χ3n) is 4.16. The molecule has 2 aromatic heterocycles. The third kappa shape index (κ3) is 5.14. The molecule has 0 aliphatic rings. The Balaban J connectivity index is 0.000000197. The van der Waals surface area contributed by atoms with Crippen molar-refractivity contribution in [3.63, 3.8) is 0 Å². The summed E-state index contributed by atoms with van der Waals surface area (Å²) in [5, 5.41) is 3.86. The molecule has 0 aliphatic carbocycles. The summed E-state index contributed by atoms with van der Waals surface area (Å²) in [6, 6.07) is 15.4. The van der Waals surface area contributed by atoms with E-state index in [1.165, 1.54) is 0 Å². The van der Waals surface area contributed by atoms with Gasteiger partial charge in [-0.05, 0) is 13.8 Å². The highest BCUT2D eigenvalue weighted by Crippen LogP contribution is 2.19. The van der Waals surface area contributed by atoms with Gasteiger partial charge in [0.1, 0.15) is 18.2 Å². The number of aromatic amines is 2. The van der Waals surface area contributed by atoms with Crippen molar-refractivity contribution in [2.75, 3.05) is 13.2 Å². The minimum atomic E-state index is -0.297. The van der Waals surface area contributed by atoms with Crippen LogP contribution in [0, 0.1) is 0 Å². The molecular formula is C23H24N2O5. The first-order valence-electron chi connectivity index (χ1n) is 9.41. The second-order valence-electron chi connectivity index (χ2n) is 5.94. The number of hydrogen-bond donors (Lipinski definition) is 2. The summed E-state index contributed by atoms with van der Waals surface area (Å²) in [6.07, 6.45) is 3.61. The number of rotatable bonds is 4. The van der Waals surface area contributed by atoms with Crippen LogP contribution in [0.15, 0.2) is 60.9 Å². The van der Waals surface area contributed by atoms with Crippen molar-refractivity contribution in [1.29, 1.82) is 0 Å². The highest BCUT2D eigenvalue weighted by atomic mass is 16.5. The molecule has 0 atom stereocenters. The Hall–Kier alpha value is -3.87. The first kappa shape index (κ1) is 22.4. The minimum Gasteiger partial charge on any atom is -0.461 e. The van der Waals surface area contributed by atoms with Crippen LogP contribution in [-0.4, -0.2) is 41.9 Å². The summed E-state index contributed by atoms with van der Waals surface area (Å²) >= 11 is 0. The second kappa shape index (κ2) is 11.2. The minimum absolute atomic E-state index is 0.297. The van der Waals surface area contributed by atoms with E-state index in [-0.39, 0.29) is 11.9 Å². The lowest BCUT2D eigenvalue weighted by atomic mass is 10.2. The number of nitrogens with one attached hydrogen (secondary N) is 2. The van der Waals surface area contributed by atoms with Gasteiger partial charge in [-0.3, -0.25) is 0 Å². The number of esters is 2. The Bertz CT molecular complexity index is 1020. The fraction of sp³-hybridized carbons (Fsp3) is 0.174. The Morgan fingerprint density at radius 2 is 1.10 bits per heavy atom. The van der Waals surface area contributed by atoms with Crippen molar-refractivity contribution in [2.24, 2.45) is 0 Å². The summed E-state index contributed by atoms with van der Waals surface area (Å²) in [4.78, 5) is 36.8. The maximum absolute atomic E-state index is 11.5. The maximum Gasteiger partial charge on any atom is 0.355 e. The predicted molar refractivity (Wildman–Crippen MR) is 116 cm³/mol. The quantitative estimate of drug-likeness (QED) is 0.484. The Kier molecular flexibility index (Phi) is 8.38. The zero-order valence-electron chi connectivity index (χ0n) is 16.9. The number of fused-ring (bicyclic) bond motifs is 2. The molecular weight excluding hydrogens is 384 g/mol. The van der Waals surface area contributed by atoms with Crippen molar-refractivity contribution in [2.45, 2.75) is 13.8 Å². The van der Waals surface area contributed by atoms with E-state index >= 15 is 0 Å². The molecule has 0 bridgehead atoms. The van der Waals surface area contributed by atoms with Crippen molar-refractivity contribution < 1.29 is 23.9 Å². The lowest BCUT2D eigenvalue weighted by molar-refractivity contribution is -0.0980. The lowest BCUT2D eigenvalue weighted by Gasteiger charge is -1.99. The van der Waals surface area contributed by atoms with Gasteiger partial charge in [-0.2, -0.15) is 0 Å². The van der Waals surface area contributed by atoms with Gasteiger partial charge in [0.15, 0.2) is 0 Å². The van der Waals surface area contributed by atoms with E-state index in [1.54, 1.807) is 13.8 Å². The maximum atomic E-state index is 11.5. The van der Waals surface area contributed by atoms with Crippen LogP contribution in [0.1, 0.15) is 34.8 Å². The number of H-pyrrole nitrogens is 2. The third-order valence-corrected chi connectivity index (χ3v) is 4.16. The van der Waals surface area contributed by atoms with Crippen molar-refractivity contribution >= 4 is 40.3 Å². The van der Waals surface area contributed by atoms with Crippen LogP contribution < -0.4 is 0 Å². The van der Waals surface area contributed by atoms with Gasteiger partial charge >= 0.3 is 11.9 Å².